The summed E-state index contributed by atoms with van der Waals surface area (Å²) in [4.78, 5) is 12.1. The van der Waals surface area contributed by atoms with Crippen LogP contribution in [-0.2, 0) is 20.7 Å². The van der Waals surface area contributed by atoms with Crippen LogP contribution in [0.15, 0.2) is 35.6 Å². The lowest BCUT2D eigenvalue weighted by Crippen LogP contribution is -2.40. The zero-order valence-corrected chi connectivity index (χ0v) is 18.0. The van der Waals surface area contributed by atoms with E-state index in [4.69, 9.17) is 30.5 Å². The van der Waals surface area contributed by atoms with E-state index in [-0.39, 0.29) is 29.1 Å². The molecule has 1 N–H and O–H groups in total. The third-order valence-electron chi connectivity index (χ3n) is 5.28. The maximum atomic E-state index is 13.6. The first-order valence-electron chi connectivity index (χ1n) is 12.0. The summed E-state index contributed by atoms with van der Waals surface area (Å²) in [5.41, 5.74) is 1.34. The lowest BCUT2D eigenvalue weighted by Gasteiger charge is -2.34. The van der Waals surface area contributed by atoms with Gasteiger partial charge in [0.05, 0.1) is 34.2 Å². The van der Waals surface area contributed by atoms with E-state index in [1.807, 2.05) is 0 Å². The Morgan fingerprint density at radius 2 is 1.97 bits per heavy atom. The molecule has 168 valence electrons. The predicted octanol–water partition coefficient (Wildman–Crippen LogP) is 1.72. The van der Waals surface area contributed by atoms with Crippen molar-refractivity contribution in [2.24, 2.45) is 0 Å². The lowest BCUT2D eigenvalue weighted by molar-refractivity contribution is -0.360. The van der Waals surface area contributed by atoms with Crippen LogP contribution in [0.25, 0.3) is 5.57 Å². The van der Waals surface area contributed by atoms with E-state index in [2.05, 4.69) is 5.32 Å². The minimum Gasteiger partial charge on any atom is -0.872 e. The number of methoxy groups -OCH3 is 5. The van der Waals surface area contributed by atoms with Crippen molar-refractivity contribution in [2.45, 2.75) is 31.6 Å². The van der Waals surface area contributed by atoms with Crippen LogP contribution in [0.3, 0.4) is 0 Å². The van der Waals surface area contributed by atoms with Gasteiger partial charge in [-0.25, -0.2) is 0 Å². The van der Waals surface area contributed by atoms with Gasteiger partial charge in [0.15, 0.2) is 17.3 Å². The first-order valence-corrected chi connectivity index (χ1v) is 9.51. The highest BCUT2D eigenvalue weighted by Crippen LogP contribution is 2.48. The zero-order valence-electron chi connectivity index (χ0n) is 23.0. The van der Waals surface area contributed by atoms with Crippen molar-refractivity contribution in [3.8, 4) is 17.2 Å². The first-order chi connectivity index (χ1) is 16.8. The van der Waals surface area contributed by atoms with E-state index < -0.39 is 42.6 Å². The van der Waals surface area contributed by atoms with Crippen LogP contribution in [0.1, 0.15) is 31.3 Å². The summed E-state index contributed by atoms with van der Waals surface area (Å²) in [5.74, 6) is -3.47. The van der Waals surface area contributed by atoms with E-state index in [0.29, 0.717) is 23.3 Å². The quantitative estimate of drug-likeness (QED) is 0.680. The maximum absolute atomic E-state index is 13.6. The van der Waals surface area contributed by atoms with Gasteiger partial charge in [0.1, 0.15) is 0 Å². The number of nitrogens with one attached hydrogen (secondary N) is 1. The molecule has 2 aliphatic carbocycles. The molecule has 0 aliphatic heterocycles. The average molecular weight is 436 g/mol. The molecule has 2 atom stereocenters. The third-order valence-corrected chi connectivity index (χ3v) is 5.28. The van der Waals surface area contributed by atoms with Gasteiger partial charge in [-0.15, -0.1) is 0 Å². The minimum absolute atomic E-state index is 0.0669. The number of carbonyl (C=O) groups is 1. The van der Waals surface area contributed by atoms with Crippen molar-refractivity contribution in [2.75, 3.05) is 35.5 Å². The number of ether oxygens (including phenoxy) is 5. The van der Waals surface area contributed by atoms with Crippen LogP contribution in [-0.4, -0.2) is 53.2 Å². The van der Waals surface area contributed by atoms with Crippen molar-refractivity contribution < 1.29 is 40.4 Å². The number of rotatable bonds is 6. The second-order valence-electron chi connectivity index (χ2n) is 6.96. The molecule has 1 aromatic carbocycles. The van der Waals surface area contributed by atoms with E-state index in [0.717, 1.165) is 7.11 Å². The van der Waals surface area contributed by atoms with Gasteiger partial charge in [0.25, 0.3) is 0 Å². The number of carbonyl (C=O) groups excluding carboxylic acids is 1. The van der Waals surface area contributed by atoms with Gasteiger partial charge in [-0.3, -0.25) is 4.79 Å². The molecule has 2 aliphatic rings. The van der Waals surface area contributed by atoms with Crippen LogP contribution >= 0.6 is 0 Å². The Labute approximate surface area is 189 Å². The minimum atomic E-state index is -3.13. The summed E-state index contributed by atoms with van der Waals surface area (Å²) in [6.07, 6.45) is 1.87. The van der Waals surface area contributed by atoms with Crippen molar-refractivity contribution in [3.63, 3.8) is 0 Å². The van der Waals surface area contributed by atoms with Crippen LogP contribution in [0.2, 0.25) is 0 Å². The number of allylic oxidation sites excluding steroid dienone is 2. The summed E-state index contributed by atoms with van der Waals surface area (Å²) in [6.45, 7) is 1.30. The fraction of sp³-hybridized carbons (Fsp3) is 0.435. The molecule has 0 saturated carbocycles. The topological polar surface area (TPSA) is 98.3 Å². The molecule has 31 heavy (non-hydrogen) atoms. The van der Waals surface area contributed by atoms with Crippen molar-refractivity contribution >= 4 is 11.5 Å². The highest BCUT2D eigenvalue weighted by atomic mass is 16.7. The second kappa shape index (κ2) is 9.03. The fourth-order valence-electron chi connectivity index (χ4n) is 3.87. The number of hydrogen-bond donors (Lipinski definition) is 1. The molecule has 8 nitrogen and oxygen atoms in total. The van der Waals surface area contributed by atoms with E-state index in [9.17, 15) is 9.90 Å². The SMILES string of the molecule is [2H]C1=CC2=C(C([2H])=C([O-])C1(OC)OC([2H])([2H])[2H])[C@@H](NC(C)=O)CCc1cc(OC)c(OC)c(OC)c12. The number of fused-ring (bicyclic) bond motifs is 2. The van der Waals surface area contributed by atoms with Gasteiger partial charge >= 0.3 is 0 Å². The largest absolute Gasteiger partial charge is 0.872 e. The summed E-state index contributed by atoms with van der Waals surface area (Å²) < 4.78 is 67.0. The smallest absolute Gasteiger partial charge is 0.217 e. The number of aryl methyl sites for hydroxylation is 1. The van der Waals surface area contributed by atoms with Gasteiger partial charge in [0, 0.05) is 26.6 Å². The Morgan fingerprint density at radius 1 is 1.23 bits per heavy atom. The summed E-state index contributed by atoms with van der Waals surface area (Å²) in [5, 5.41) is 16.3. The van der Waals surface area contributed by atoms with Gasteiger partial charge in [-0.1, -0.05) is 17.9 Å². The average Bonchev–Trinajstić information content (AvgIpc) is 2.99. The second-order valence-corrected chi connectivity index (χ2v) is 6.96. The van der Waals surface area contributed by atoms with E-state index in [1.165, 1.54) is 34.3 Å². The van der Waals surface area contributed by atoms with Crippen LogP contribution < -0.4 is 24.6 Å². The standard InChI is InChI=1S/C23H29NO7/c1-13(25)24-17-8-7-14-11-18(27-2)21(28-3)22(29-4)20(14)15-9-10-23(30-5,31-6)19(26)12-16(15)17/h9-12,17,26H,7-8H2,1-6H3,(H,24,25)/p-1/t17-/m0/s1/i5D3,10D,12D/t17-,23?. The molecule has 8 heteroatoms. The maximum Gasteiger partial charge on any atom is 0.217 e. The molecule has 0 radical (unpaired) electrons. The molecule has 1 aromatic rings. The monoisotopic (exact) mass is 435 g/mol. The Bertz CT molecular complexity index is 1160. The van der Waals surface area contributed by atoms with Crippen LogP contribution in [0, 0.1) is 0 Å². The van der Waals surface area contributed by atoms with Crippen molar-refractivity contribution in [1.82, 2.24) is 5.32 Å². The predicted molar refractivity (Wildman–Crippen MR) is 113 cm³/mol. The molecule has 0 aromatic heterocycles. The Morgan fingerprint density at radius 3 is 2.55 bits per heavy atom. The summed E-state index contributed by atoms with van der Waals surface area (Å²) >= 11 is 0. The van der Waals surface area contributed by atoms with Crippen LogP contribution in [0.5, 0.6) is 17.2 Å². The van der Waals surface area contributed by atoms with Crippen molar-refractivity contribution in [1.29, 1.82) is 0 Å². The summed E-state index contributed by atoms with van der Waals surface area (Å²) in [7, 11) is 2.18. The highest BCUT2D eigenvalue weighted by molar-refractivity contribution is 5.88. The molecule has 0 spiro atoms. The Balaban J connectivity index is 2.49. The molecular weight excluding hydrogens is 402 g/mol. The van der Waals surface area contributed by atoms with Crippen LogP contribution in [0.4, 0.5) is 0 Å². The van der Waals surface area contributed by atoms with Gasteiger partial charge in [0.2, 0.25) is 11.7 Å². The Hall–Kier alpha value is -2.97. The molecule has 0 heterocycles. The Kier molecular flexibility index (Phi) is 4.86. The van der Waals surface area contributed by atoms with E-state index in [1.54, 1.807) is 6.07 Å². The highest BCUT2D eigenvalue weighted by Gasteiger charge is 2.34. The zero-order chi connectivity index (χ0) is 27.0. The lowest BCUT2D eigenvalue weighted by atomic mass is 9.93. The molecule has 1 amide bonds. The van der Waals surface area contributed by atoms with Crippen molar-refractivity contribution in [3.05, 3.63) is 46.7 Å². The normalized spacial score (nSPS) is 25.9. The number of amides is 1. The van der Waals surface area contributed by atoms with Gasteiger partial charge in [-0.2, -0.15) is 0 Å². The number of benzene rings is 1. The van der Waals surface area contributed by atoms with Gasteiger partial charge in [-0.05, 0) is 41.7 Å². The molecule has 0 bridgehead atoms. The molecule has 3 rings (SSSR count). The molecule has 0 fully saturated rings. The third kappa shape index (κ3) is 3.88. The van der Waals surface area contributed by atoms with E-state index >= 15 is 0 Å². The summed E-state index contributed by atoms with van der Waals surface area (Å²) in [6, 6.07) is -0.425. The van der Waals surface area contributed by atoms with Gasteiger partial charge < -0.3 is 34.1 Å². The fourth-order valence-corrected chi connectivity index (χ4v) is 3.87. The first kappa shape index (κ1) is 16.7. The number of hydrogen-bond acceptors (Lipinski definition) is 7. The molecule has 1 unspecified atom stereocenters. The molecular formula is C23H28NO7-. The molecule has 0 saturated heterocycles.